The van der Waals surface area contributed by atoms with Crippen LogP contribution < -0.4 is 10.9 Å². The lowest BCUT2D eigenvalue weighted by Gasteiger charge is -2.07. The molecule has 0 atom stereocenters. The van der Waals surface area contributed by atoms with E-state index < -0.39 is 0 Å². The second kappa shape index (κ2) is 7.31. The average Bonchev–Trinajstić information content (AvgIpc) is 3.43. The molecule has 1 N–H and O–H groups in total. The molecule has 1 aromatic carbocycles. The first kappa shape index (κ1) is 18.5. The molecule has 2 heterocycles. The fourth-order valence-corrected chi connectivity index (χ4v) is 3.88. The number of aromatic nitrogens is 5. The molecule has 4 rings (SSSR count). The van der Waals surface area contributed by atoms with Crippen LogP contribution in [0.25, 0.3) is 5.69 Å². The van der Waals surface area contributed by atoms with Gasteiger partial charge in [-0.3, -0.25) is 14.3 Å². The van der Waals surface area contributed by atoms with Gasteiger partial charge in [-0.05, 0) is 31.9 Å². The Hall–Kier alpha value is -2.81. The van der Waals surface area contributed by atoms with Crippen molar-refractivity contribution >= 4 is 23.4 Å². The Balaban J connectivity index is 1.48. The molecule has 0 saturated heterocycles. The predicted molar refractivity (Wildman–Crippen MR) is 108 cm³/mol. The molecule has 0 bridgehead atoms. The van der Waals surface area contributed by atoms with E-state index in [0.717, 1.165) is 24.4 Å². The Morgan fingerprint density at radius 3 is 2.61 bits per heavy atom. The predicted octanol–water partition coefficient (Wildman–Crippen LogP) is 2.22. The number of thioether (sulfide) groups is 1. The molecule has 1 aliphatic carbocycles. The minimum atomic E-state index is -0.251. The van der Waals surface area contributed by atoms with Crippen LogP contribution >= 0.6 is 11.8 Å². The van der Waals surface area contributed by atoms with Crippen molar-refractivity contribution in [1.82, 2.24) is 24.1 Å². The molecule has 3 aromatic rings. The zero-order chi connectivity index (χ0) is 19.8. The summed E-state index contributed by atoms with van der Waals surface area (Å²) in [5, 5.41) is 11.9. The molecule has 0 radical (unpaired) electrons. The van der Waals surface area contributed by atoms with E-state index in [4.69, 9.17) is 0 Å². The summed E-state index contributed by atoms with van der Waals surface area (Å²) in [6, 6.07) is 9.35. The van der Waals surface area contributed by atoms with Gasteiger partial charge in [0.1, 0.15) is 11.5 Å². The Kier molecular flexibility index (Phi) is 4.84. The van der Waals surface area contributed by atoms with Gasteiger partial charge in [-0.1, -0.05) is 30.0 Å². The smallest absolute Gasteiger partial charge is 0.295 e. The highest BCUT2D eigenvalue weighted by Gasteiger charge is 2.29. The summed E-state index contributed by atoms with van der Waals surface area (Å²) < 4.78 is 5.24. The summed E-state index contributed by atoms with van der Waals surface area (Å²) in [6.07, 6.45) is 2.30. The monoisotopic (exact) mass is 398 g/mol. The number of benzene rings is 1. The van der Waals surface area contributed by atoms with Crippen molar-refractivity contribution in [1.29, 1.82) is 0 Å². The lowest BCUT2D eigenvalue weighted by molar-refractivity contribution is -0.113. The van der Waals surface area contributed by atoms with E-state index in [-0.39, 0.29) is 17.2 Å². The van der Waals surface area contributed by atoms with Crippen LogP contribution in [0.2, 0.25) is 0 Å². The molecular weight excluding hydrogens is 376 g/mol. The van der Waals surface area contributed by atoms with E-state index in [1.165, 1.54) is 11.8 Å². The number of carbonyl (C=O) groups excluding carboxylic acids is 1. The maximum atomic E-state index is 12.9. The van der Waals surface area contributed by atoms with Crippen LogP contribution in [-0.2, 0) is 18.9 Å². The number of carbonyl (C=O) groups is 1. The third-order valence-electron chi connectivity index (χ3n) is 4.96. The van der Waals surface area contributed by atoms with E-state index in [1.54, 1.807) is 16.4 Å². The number of rotatable bonds is 6. The van der Waals surface area contributed by atoms with Crippen LogP contribution in [0.5, 0.6) is 0 Å². The van der Waals surface area contributed by atoms with Crippen molar-refractivity contribution in [3.63, 3.8) is 0 Å². The SMILES string of the molecule is Cc1c(NC(=O)CSc2nnc(C3CC3)n2C)c(=O)n(-c2ccccc2)n1C. The number of hydrogen-bond acceptors (Lipinski definition) is 5. The van der Waals surface area contributed by atoms with Gasteiger partial charge in [0, 0.05) is 20.0 Å². The molecule has 146 valence electrons. The van der Waals surface area contributed by atoms with Gasteiger partial charge in [0.2, 0.25) is 5.91 Å². The van der Waals surface area contributed by atoms with Crippen LogP contribution in [0.4, 0.5) is 5.69 Å². The molecule has 0 unspecified atom stereocenters. The number of para-hydroxylation sites is 1. The third kappa shape index (κ3) is 3.37. The average molecular weight is 398 g/mol. The van der Waals surface area contributed by atoms with Gasteiger partial charge in [0.15, 0.2) is 5.16 Å². The van der Waals surface area contributed by atoms with E-state index in [0.29, 0.717) is 22.5 Å². The van der Waals surface area contributed by atoms with Gasteiger partial charge in [-0.15, -0.1) is 10.2 Å². The minimum Gasteiger partial charge on any atom is -0.319 e. The quantitative estimate of drug-likeness (QED) is 0.644. The summed E-state index contributed by atoms with van der Waals surface area (Å²) in [5.41, 5.74) is 1.49. The van der Waals surface area contributed by atoms with Crippen molar-refractivity contribution in [2.75, 3.05) is 11.1 Å². The second-order valence-corrected chi connectivity index (χ2v) is 7.89. The maximum absolute atomic E-state index is 12.9. The Morgan fingerprint density at radius 1 is 1.21 bits per heavy atom. The van der Waals surface area contributed by atoms with Crippen molar-refractivity contribution in [3.05, 3.63) is 52.2 Å². The lowest BCUT2D eigenvalue weighted by Crippen LogP contribution is -2.23. The summed E-state index contributed by atoms with van der Waals surface area (Å²) in [6.45, 7) is 1.81. The normalized spacial score (nSPS) is 13.7. The van der Waals surface area contributed by atoms with Crippen LogP contribution in [0.1, 0.15) is 30.3 Å². The Morgan fingerprint density at radius 2 is 1.93 bits per heavy atom. The van der Waals surface area contributed by atoms with Crippen LogP contribution in [0, 0.1) is 6.92 Å². The molecule has 1 fully saturated rings. The van der Waals surface area contributed by atoms with Crippen molar-refractivity contribution in [3.8, 4) is 5.69 Å². The zero-order valence-electron chi connectivity index (χ0n) is 16.0. The molecule has 0 aliphatic heterocycles. The van der Waals surface area contributed by atoms with Gasteiger partial charge in [0.05, 0.1) is 17.1 Å². The first-order valence-electron chi connectivity index (χ1n) is 9.13. The molecular formula is C19H22N6O2S. The van der Waals surface area contributed by atoms with Gasteiger partial charge in [-0.2, -0.15) is 0 Å². The third-order valence-corrected chi connectivity index (χ3v) is 5.98. The summed E-state index contributed by atoms with van der Waals surface area (Å²) in [7, 11) is 3.72. The van der Waals surface area contributed by atoms with Crippen LogP contribution in [0.15, 0.2) is 40.3 Å². The van der Waals surface area contributed by atoms with Crippen LogP contribution in [0.3, 0.4) is 0 Å². The Labute approximate surface area is 166 Å². The molecule has 1 aliphatic rings. The van der Waals surface area contributed by atoms with Crippen LogP contribution in [-0.4, -0.2) is 35.8 Å². The summed E-state index contributed by atoms with van der Waals surface area (Å²) >= 11 is 1.32. The largest absolute Gasteiger partial charge is 0.319 e. The number of anilines is 1. The first-order chi connectivity index (χ1) is 13.5. The van der Waals surface area contributed by atoms with Gasteiger partial charge < -0.3 is 9.88 Å². The van der Waals surface area contributed by atoms with Gasteiger partial charge in [0.25, 0.3) is 5.56 Å². The molecule has 8 nitrogen and oxygen atoms in total. The van der Waals surface area contributed by atoms with E-state index in [2.05, 4.69) is 15.5 Å². The summed E-state index contributed by atoms with van der Waals surface area (Å²) in [4.78, 5) is 25.3. The van der Waals surface area contributed by atoms with E-state index in [1.807, 2.05) is 48.9 Å². The second-order valence-electron chi connectivity index (χ2n) is 6.95. The van der Waals surface area contributed by atoms with Crippen molar-refractivity contribution < 1.29 is 4.79 Å². The molecule has 1 amide bonds. The standard InChI is InChI=1S/C19H22N6O2S/c1-12-16(18(27)25(24(12)3)14-7-5-4-6-8-14)20-15(26)11-28-19-22-21-17(23(19)2)13-9-10-13/h4-8,13H,9-11H2,1-3H3,(H,20,26). The van der Waals surface area contributed by atoms with Gasteiger partial charge in [-0.25, -0.2) is 4.68 Å². The first-order valence-corrected chi connectivity index (χ1v) is 10.1. The highest BCUT2D eigenvalue weighted by Crippen LogP contribution is 2.39. The number of hydrogen-bond donors (Lipinski definition) is 1. The lowest BCUT2D eigenvalue weighted by atomic mass is 10.3. The maximum Gasteiger partial charge on any atom is 0.295 e. The van der Waals surface area contributed by atoms with Gasteiger partial charge >= 0.3 is 0 Å². The fraction of sp³-hybridized carbons (Fsp3) is 0.368. The van der Waals surface area contributed by atoms with E-state index >= 15 is 0 Å². The summed E-state index contributed by atoms with van der Waals surface area (Å²) in [5.74, 6) is 1.40. The van der Waals surface area contributed by atoms with Crippen molar-refractivity contribution in [2.45, 2.75) is 30.8 Å². The highest BCUT2D eigenvalue weighted by molar-refractivity contribution is 7.99. The van der Waals surface area contributed by atoms with Crippen molar-refractivity contribution in [2.24, 2.45) is 14.1 Å². The highest BCUT2D eigenvalue weighted by atomic mass is 32.2. The Bertz CT molecular complexity index is 1080. The zero-order valence-corrected chi connectivity index (χ0v) is 16.9. The number of nitrogens with zero attached hydrogens (tertiary/aromatic N) is 5. The number of amides is 1. The molecule has 1 saturated carbocycles. The number of nitrogens with one attached hydrogen (secondary N) is 1. The fourth-order valence-electron chi connectivity index (χ4n) is 3.17. The molecule has 9 heteroatoms. The molecule has 0 spiro atoms. The molecule has 28 heavy (non-hydrogen) atoms. The topological polar surface area (TPSA) is 86.7 Å². The minimum absolute atomic E-state index is 0.162. The van der Waals surface area contributed by atoms with E-state index in [9.17, 15) is 9.59 Å². The molecule has 2 aromatic heterocycles.